The zero-order chi connectivity index (χ0) is 19.7. The molecule has 1 fully saturated rings. The minimum atomic E-state index is -1.02. The Balaban J connectivity index is 1.70. The number of pyridine rings is 1. The molecule has 0 bridgehead atoms. The number of aromatic carboxylic acids is 1. The third-order valence-corrected chi connectivity index (χ3v) is 4.62. The van der Waals surface area contributed by atoms with Gasteiger partial charge in [0, 0.05) is 29.4 Å². The number of nitrogens with one attached hydrogen (secondary N) is 1. The predicted molar refractivity (Wildman–Crippen MR) is 102 cm³/mol. The topological polar surface area (TPSA) is 110 Å². The number of imide groups is 1. The molecule has 1 saturated heterocycles. The van der Waals surface area contributed by atoms with Gasteiger partial charge in [0.15, 0.2) is 5.58 Å². The van der Waals surface area contributed by atoms with Gasteiger partial charge in [-0.05, 0) is 36.0 Å². The molecule has 0 unspecified atom stereocenters. The first-order valence-corrected chi connectivity index (χ1v) is 8.79. The smallest absolute Gasteiger partial charge is 0.335 e. The Bertz CT molecular complexity index is 1250. The Morgan fingerprint density at radius 1 is 1.21 bits per heavy atom. The molecular weight excluding hydrogens is 380 g/mol. The summed E-state index contributed by atoms with van der Waals surface area (Å²) < 4.78 is 5.78. The summed E-state index contributed by atoms with van der Waals surface area (Å²) in [7, 11) is 0. The number of carboxylic acid groups (broad SMARTS) is 1. The Labute approximate surface area is 162 Å². The van der Waals surface area contributed by atoms with Crippen LogP contribution < -0.4 is 5.32 Å². The monoisotopic (exact) mass is 390 g/mol. The molecule has 2 aromatic heterocycles. The second-order valence-electron chi connectivity index (χ2n) is 5.74. The van der Waals surface area contributed by atoms with Crippen LogP contribution in [0.3, 0.4) is 0 Å². The summed E-state index contributed by atoms with van der Waals surface area (Å²) in [5.41, 5.74) is 1.70. The standard InChI is InChI=1S/C20H10N2O5S/c23-18-16(28-20(26)22-18)8-15-7-14-10-21-9-13(17(14)27-15)5-4-11-2-1-3-12(6-11)19(24)25/h1-3,6-10H,(H,24,25)(H,22,23,26). The SMILES string of the molecule is O=C1NC(=O)C(=Cc2cc3cncc(C#Cc4cccc(C(=O)O)c4)c3o2)S1. The zero-order valence-electron chi connectivity index (χ0n) is 14.1. The molecule has 136 valence electrons. The van der Waals surface area contributed by atoms with Crippen LogP contribution in [0.4, 0.5) is 4.79 Å². The van der Waals surface area contributed by atoms with Gasteiger partial charge >= 0.3 is 5.97 Å². The summed E-state index contributed by atoms with van der Waals surface area (Å²) in [4.78, 5) is 38.4. The molecule has 1 aliphatic rings. The Morgan fingerprint density at radius 3 is 2.82 bits per heavy atom. The molecule has 3 heterocycles. The summed E-state index contributed by atoms with van der Waals surface area (Å²) in [6.07, 6.45) is 4.62. The zero-order valence-corrected chi connectivity index (χ0v) is 14.9. The Kier molecular flexibility index (Phi) is 4.43. The van der Waals surface area contributed by atoms with E-state index in [0.717, 1.165) is 11.8 Å². The van der Waals surface area contributed by atoms with E-state index < -0.39 is 17.1 Å². The number of rotatable bonds is 2. The summed E-state index contributed by atoms with van der Waals surface area (Å²) in [5.74, 6) is 4.74. The van der Waals surface area contributed by atoms with Crippen LogP contribution in [0.15, 0.2) is 52.0 Å². The molecule has 0 radical (unpaired) electrons. The van der Waals surface area contributed by atoms with Gasteiger partial charge in [-0.3, -0.25) is 19.9 Å². The number of benzene rings is 1. The van der Waals surface area contributed by atoms with Crippen molar-refractivity contribution in [2.75, 3.05) is 0 Å². The summed E-state index contributed by atoms with van der Waals surface area (Å²) in [5, 5.41) is 11.5. The number of carbonyl (C=O) groups is 3. The van der Waals surface area contributed by atoms with E-state index in [2.05, 4.69) is 22.1 Å². The van der Waals surface area contributed by atoms with E-state index >= 15 is 0 Å². The van der Waals surface area contributed by atoms with Gasteiger partial charge in [-0.15, -0.1) is 0 Å². The van der Waals surface area contributed by atoms with Gasteiger partial charge in [0.25, 0.3) is 11.1 Å². The van der Waals surface area contributed by atoms with E-state index in [1.807, 2.05) is 0 Å². The van der Waals surface area contributed by atoms with E-state index in [4.69, 9.17) is 9.52 Å². The number of hydrogen-bond donors (Lipinski definition) is 2. The molecule has 2 amide bonds. The van der Waals surface area contributed by atoms with E-state index in [1.165, 1.54) is 24.4 Å². The van der Waals surface area contributed by atoms with Crippen molar-refractivity contribution in [1.82, 2.24) is 10.3 Å². The first-order chi connectivity index (χ1) is 13.5. The van der Waals surface area contributed by atoms with Crippen molar-refractivity contribution in [1.29, 1.82) is 0 Å². The van der Waals surface area contributed by atoms with Gasteiger partial charge in [0.1, 0.15) is 5.76 Å². The van der Waals surface area contributed by atoms with E-state index in [-0.39, 0.29) is 10.5 Å². The summed E-state index contributed by atoms with van der Waals surface area (Å²) in [6.45, 7) is 0. The van der Waals surface area contributed by atoms with E-state index in [1.54, 1.807) is 24.4 Å². The third kappa shape index (κ3) is 3.51. The normalized spacial score (nSPS) is 14.8. The second kappa shape index (κ2) is 7.06. The van der Waals surface area contributed by atoms with Crippen molar-refractivity contribution in [3.8, 4) is 11.8 Å². The maximum atomic E-state index is 11.7. The second-order valence-corrected chi connectivity index (χ2v) is 6.76. The van der Waals surface area contributed by atoms with Crippen molar-refractivity contribution in [3.05, 3.63) is 70.1 Å². The maximum absolute atomic E-state index is 11.7. The number of amides is 2. The van der Waals surface area contributed by atoms with Crippen LogP contribution in [0.2, 0.25) is 0 Å². The number of aromatic nitrogens is 1. The average Bonchev–Trinajstić information content (AvgIpc) is 3.22. The lowest BCUT2D eigenvalue weighted by molar-refractivity contribution is -0.115. The molecule has 4 rings (SSSR count). The molecule has 8 heteroatoms. The minimum absolute atomic E-state index is 0.150. The maximum Gasteiger partial charge on any atom is 0.335 e. The molecule has 0 saturated carbocycles. The van der Waals surface area contributed by atoms with Gasteiger partial charge in [-0.2, -0.15) is 0 Å². The molecule has 7 nitrogen and oxygen atoms in total. The Hall–Kier alpha value is -3.83. The highest BCUT2D eigenvalue weighted by Gasteiger charge is 2.25. The molecule has 0 aliphatic carbocycles. The van der Waals surface area contributed by atoms with Gasteiger partial charge in [0.2, 0.25) is 0 Å². The molecular formula is C20H10N2O5S. The molecule has 0 atom stereocenters. The lowest BCUT2D eigenvalue weighted by Crippen LogP contribution is -2.17. The number of hydrogen-bond acceptors (Lipinski definition) is 6. The van der Waals surface area contributed by atoms with E-state index in [0.29, 0.717) is 27.9 Å². The van der Waals surface area contributed by atoms with Crippen LogP contribution in [0.5, 0.6) is 0 Å². The van der Waals surface area contributed by atoms with Crippen LogP contribution in [0.1, 0.15) is 27.2 Å². The van der Waals surface area contributed by atoms with Crippen LogP contribution in [-0.4, -0.2) is 27.2 Å². The highest BCUT2D eigenvalue weighted by molar-refractivity contribution is 8.18. The van der Waals surface area contributed by atoms with Crippen molar-refractivity contribution in [2.45, 2.75) is 0 Å². The average molecular weight is 390 g/mol. The number of nitrogens with zero attached hydrogens (tertiary/aromatic N) is 1. The van der Waals surface area contributed by atoms with Crippen molar-refractivity contribution in [2.24, 2.45) is 0 Å². The molecule has 1 aromatic carbocycles. The lowest BCUT2D eigenvalue weighted by Gasteiger charge is -1.95. The lowest BCUT2D eigenvalue weighted by atomic mass is 10.1. The molecule has 2 N–H and O–H groups in total. The first kappa shape index (κ1) is 17.6. The fourth-order valence-corrected chi connectivity index (χ4v) is 3.22. The number of furan rings is 1. The fourth-order valence-electron chi connectivity index (χ4n) is 2.56. The van der Waals surface area contributed by atoms with Crippen molar-refractivity contribution in [3.63, 3.8) is 0 Å². The number of thioether (sulfide) groups is 1. The number of carboxylic acids is 1. The van der Waals surface area contributed by atoms with E-state index in [9.17, 15) is 14.4 Å². The summed E-state index contributed by atoms with van der Waals surface area (Å²) >= 11 is 0.804. The van der Waals surface area contributed by atoms with Gasteiger partial charge in [0.05, 0.1) is 16.0 Å². The fraction of sp³-hybridized carbons (Fsp3) is 0. The van der Waals surface area contributed by atoms with Crippen LogP contribution in [0, 0.1) is 11.8 Å². The van der Waals surface area contributed by atoms with Crippen LogP contribution >= 0.6 is 11.8 Å². The van der Waals surface area contributed by atoms with Crippen LogP contribution in [0.25, 0.3) is 17.0 Å². The molecule has 28 heavy (non-hydrogen) atoms. The molecule has 1 aliphatic heterocycles. The number of fused-ring (bicyclic) bond motifs is 1. The van der Waals surface area contributed by atoms with Gasteiger partial charge in [-0.1, -0.05) is 17.9 Å². The van der Waals surface area contributed by atoms with Gasteiger partial charge < -0.3 is 9.52 Å². The largest absolute Gasteiger partial charge is 0.478 e. The molecule has 3 aromatic rings. The summed E-state index contributed by atoms with van der Waals surface area (Å²) in [6, 6.07) is 7.99. The van der Waals surface area contributed by atoms with Crippen molar-refractivity contribution >= 4 is 45.9 Å². The first-order valence-electron chi connectivity index (χ1n) is 7.97. The molecule has 0 spiro atoms. The predicted octanol–water partition coefficient (Wildman–Crippen LogP) is 3.25. The van der Waals surface area contributed by atoms with Crippen molar-refractivity contribution < 1.29 is 23.9 Å². The third-order valence-electron chi connectivity index (χ3n) is 3.81. The Morgan fingerprint density at radius 2 is 2.07 bits per heavy atom. The van der Waals surface area contributed by atoms with Gasteiger partial charge in [-0.25, -0.2) is 4.79 Å². The highest BCUT2D eigenvalue weighted by atomic mass is 32.2. The van der Waals surface area contributed by atoms with Crippen LogP contribution in [-0.2, 0) is 4.79 Å². The minimum Gasteiger partial charge on any atom is -0.478 e. The quantitative estimate of drug-likeness (QED) is 0.510. The highest BCUT2D eigenvalue weighted by Crippen LogP contribution is 2.28. The number of carbonyl (C=O) groups excluding carboxylic acids is 2.